The molecule has 0 radical (unpaired) electrons. The summed E-state index contributed by atoms with van der Waals surface area (Å²) in [4.78, 5) is 188. The van der Waals surface area contributed by atoms with Crippen LogP contribution in [0, 0.1) is 17.2 Å². The number of sulfone groups is 2. The lowest BCUT2D eigenvalue weighted by Crippen LogP contribution is -2.62. The summed E-state index contributed by atoms with van der Waals surface area (Å²) in [5, 5.41) is 41.8. The Morgan fingerprint density at radius 2 is 1.03 bits per heavy atom. The molecule has 2 saturated heterocycles. The molecule has 31 nitrogen and oxygen atoms in total. The van der Waals surface area contributed by atoms with Crippen molar-refractivity contribution in [2.24, 2.45) is 11.3 Å². The SMILES string of the molecule is CC1NC(=O)C[C@@H](C(=O)N2CCC(C(C)(C)C)CC2)NC(=O)[C@H](Cc2cccc(Cl)c2)NC(=O)C(Cc2ccc(O)c(F)c2)NC(=O)C(Cc2ccccc2)N(C)C(=O)C(Cc2ccccc2)N(C)C(=O)C(Cc2c[nH]c3ccccc23)NC(=O)C(CCS(C)(=O)=O)NC(=O)C(CO)N(C)C(=O)NC(=O)[C@H](CCS(C)(=O)=O)NC1=O. The van der Waals surface area contributed by atoms with Crippen LogP contribution in [0.15, 0.2) is 134 Å². The highest BCUT2D eigenvalue weighted by Crippen LogP contribution is 2.35. The third-order valence-corrected chi connectivity index (χ3v) is 22.8. The quantitative estimate of drug-likeness (QED) is 0.0588. The van der Waals surface area contributed by atoms with Crippen molar-refractivity contribution in [3.63, 3.8) is 0 Å². The fraction of sp³-hybridized carbons (Fsp3) is 0.450. The summed E-state index contributed by atoms with van der Waals surface area (Å²) < 4.78 is 66.6. The van der Waals surface area contributed by atoms with Gasteiger partial charge in [-0.05, 0) is 102 Å². The summed E-state index contributed by atoms with van der Waals surface area (Å²) in [6.45, 7) is 6.43. The van der Waals surface area contributed by atoms with Gasteiger partial charge in [0.15, 0.2) is 11.6 Å². The number of nitrogens with zero attached hydrogens (tertiary/aromatic N) is 4. The Labute approximate surface area is 672 Å². The van der Waals surface area contributed by atoms with Crippen LogP contribution in [0.5, 0.6) is 5.75 Å². The molecule has 0 spiro atoms. The molecule has 115 heavy (non-hydrogen) atoms. The number of rotatable bonds is 18. The molecule has 0 saturated carbocycles. The van der Waals surface area contributed by atoms with Crippen LogP contribution in [0.2, 0.25) is 5.02 Å². The van der Waals surface area contributed by atoms with Gasteiger partial charge >= 0.3 is 6.03 Å². The number of nitrogens with one attached hydrogen (secondary N) is 9. The average Bonchev–Trinajstić information content (AvgIpc) is 1.79. The van der Waals surface area contributed by atoms with E-state index in [4.69, 9.17) is 11.6 Å². The highest BCUT2D eigenvalue weighted by Gasteiger charge is 2.43. The average molecular weight is 1650 g/mol. The topological polar surface area (TPSA) is 439 Å². The lowest BCUT2D eigenvalue weighted by molar-refractivity contribution is -0.149. The number of likely N-dealkylation sites (tertiary alicyclic amines) is 1. The fourth-order valence-corrected chi connectivity index (χ4v) is 15.3. The first-order valence-corrected chi connectivity index (χ1v) is 42.0. The molecule has 6 aromatic rings. The Morgan fingerprint density at radius 3 is 1.60 bits per heavy atom. The van der Waals surface area contributed by atoms with Gasteiger partial charge in [-0.25, -0.2) is 26.0 Å². The maximum atomic E-state index is 16.0. The molecule has 5 aromatic carbocycles. The number of hydrogen-bond acceptors (Lipinski definition) is 18. The van der Waals surface area contributed by atoms with Crippen molar-refractivity contribution in [2.75, 3.05) is 64.9 Å². The van der Waals surface area contributed by atoms with Crippen LogP contribution in [0.25, 0.3) is 10.9 Å². The van der Waals surface area contributed by atoms with E-state index >= 15 is 38.0 Å². The van der Waals surface area contributed by atoms with Crippen LogP contribution in [0.1, 0.15) is 87.6 Å². The Morgan fingerprint density at radius 1 is 0.530 bits per heavy atom. The molecule has 8 rings (SSSR count). The molecule has 1 aromatic heterocycles. The molecule has 10 atom stereocenters. The van der Waals surface area contributed by atoms with Gasteiger partial charge in [0.25, 0.3) is 5.91 Å². The molecule has 2 aliphatic rings. The highest BCUT2D eigenvalue weighted by molar-refractivity contribution is 7.90. The van der Waals surface area contributed by atoms with E-state index in [0.29, 0.717) is 50.9 Å². The standard InChI is InChI=1S/C80H101ClFN13O18S2/c1-47-69(99)85-59(32-36-115(9,112)113)71(101)91-79(109)94(7)66(46-96)75(105)86-58(31-35-114(8,110)111)70(100)89-62(43-52-45-83-57-26-17-16-25-55(52)57)76(106)93(6)65(42-49-21-14-11-15-22-49)78(108)92(5)64(41-48-19-12-10-13-20-48)74(104)88-61(40-51-27-28-67(97)56(82)38-51)72(102)87-60(39-50-23-18-24-54(81)37-50)73(103)90-63(44-68(98)84-47)77(107)95-33-29-53(30-34-95)80(2,3)4/h10-28,37-38,45,47,53,58-66,83,96-97H,29-36,39-44,46H2,1-9H3,(H,84,98)(H,85,99)(H,86,105)(H,87,102)(H,88,104)(H,89,100)(H,90,103)(H,91,101,109)/t47?,58?,59-,60-,61?,62?,63-,64?,65?,66?/m0/s1. The number of fused-ring (bicyclic) bond motifs is 1. The predicted octanol–water partition coefficient (Wildman–Crippen LogP) is 2.33. The zero-order valence-corrected chi connectivity index (χ0v) is 67.8. The molecule has 11 N–H and O–H groups in total. The summed E-state index contributed by atoms with van der Waals surface area (Å²) >= 11 is 6.51. The zero-order chi connectivity index (χ0) is 84.4. The van der Waals surface area contributed by atoms with Crippen molar-refractivity contribution < 1.29 is 89.0 Å². The summed E-state index contributed by atoms with van der Waals surface area (Å²) in [5.74, 6) is -15.2. The van der Waals surface area contributed by atoms with Crippen molar-refractivity contribution in [3.8, 4) is 5.75 Å². The van der Waals surface area contributed by atoms with Gasteiger partial charge in [-0.2, -0.15) is 0 Å². The molecule has 35 heteroatoms. The second-order valence-electron chi connectivity index (χ2n) is 30.5. The third kappa shape index (κ3) is 25.8. The second-order valence-corrected chi connectivity index (χ2v) is 35.4. The van der Waals surface area contributed by atoms with Crippen molar-refractivity contribution >= 4 is 113 Å². The molecular formula is C80H101ClFN13O18S2. The maximum Gasteiger partial charge on any atom is 0.324 e. The smallest absolute Gasteiger partial charge is 0.324 e. The Hall–Kier alpha value is -10.8. The van der Waals surface area contributed by atoms with E-state index in [2.05, 4.69) is 63.0 Å². The summed E-state index contributed by atoms with van der Waals surface area (Å²) in [6.07, 6.45) is 0.132. The first-order chi connectivity index (χ1) is 54.2. The summed E-state index contributed by atoms with van der Waals surface area (Å²) in [7, 11) is -4.42. The Bertz CT molecular complexity index is 4780. The largest absolute Gasteiger partial charge is 0.505 e. The number of aliphatic hydroxyl groups excluding tert-OH is 1. The summed E-state index contributed by atoms with van der Waals surface area (Å²) in [5.41, 5.74) is 2.19. The number of aromatic amines is 1. The van der Waals surface area contributed by atoms with Crippen LogP contribution in [-0.4, -0.2) is 248 Å². The molecule has 2 fully saturated rings. The maximum absolute atomic E-state index is 16.0. The number of carbonyl (C=O) groups is 12. The van der Waals surface area contributed by atoms with Crippen molar-refractivity contribution in [1.82, 2.24) is 67.1 Å². The number of halogens is 2. The monoisotopic (exact) mass is 1650 g/mol. The molecule has 0 aliphatic carbocycles. The van der Waals surface area contributed by atoms with E-state index in [1.807, 2.05) is 5.32 Å². The Kier molecular flexibility index (Phi) is 31.2. The van der Waals surface area contributed by atoms with Crippen molar-refractivity contribution in [3.05, 3.63) is 172 Å². The van der Waals surface area contributed by atoms with Gasteiger partial charge < -0.3 is 72.0 Å². The lowest BCUT2D eigenvalue weighted by atomic mass is 9.75. The first kappa shape index (κ1) is 89.7. The van der Waals surface area contributed by atoms with E-state index in [0.717, 1.165) is 48.4 Å². The van der Waals surface area contributed by atoms with Gasteiger partial charge in [0.2, 0.25) is 59.1 Å². The predicted molar refractivity (Wildman–Crippen MR) is 426 cm³/mol. The van der Waals surface area contributed by atoms with E-state index in [1.54, 1.807) is 109 Å². The number of aliphatic hydroxyl groups is 1. The third-order valence-electron chi connectivity index (χ3n) is 20.6. The minimum atomic E-state index is -3.98. The molecule has 7 unspecified atom stereocenters. The van der Waals surface area contributed by atoms with Crippen LogP contribution in [0.3, 0.4) is 0 Å². The van der Waals surface area contributed by atoms with E-state index < -0.39 is 206 Å². The molecule has 620 valence electrons. The summed E-state index contributed by atoms with van der Waals surface area (Å²) in [6, 6.07) is 13.9. The number of piperidine rings is 1. The number of amides is 13. The number of benzene rings is 5. The number of urea groups is 1. The van der Waals surface area contributed by atoms with E-state index in [1.165, 1.54) is 31.1 Å². The number of aromatic nitrogens is 1. The van der Waals surface area contributed by atoms with Crippen molar-refractivity contribution in [1.29, 1.82) is 0 Å². The number of hydrogen-bond donors (Lipinski definition) is 11. The second kappa shape index (κ2) is 40.0. The van der Waals surface area contributed by atoms with Gasteiger partial charge in [-0.1, -0.05) is 129 Å². The number of H-pyrrole nitrogens is 1. The van der Waals surface area contributed by atoms with Gasteiger partial charge in [0.05, 0.1) is 24.5 Å². The highest BCUT2D eigenvalue weighted by atomic mass is 35.5. The number of phenolic OH excluding ortho intramolecular Hbond substituents is 1. The molecule has 3 heterocycles. The van der Waals surface area contributed by atoms with Crippen LogP contribution < -0.4 is 42.5 Å². The zero-order valence-electron chi connectivity index (χ0n) is 65.4. The normalized spacial score (nSPS) is 22.9. The number of aromatic hydroxyl groups is 1. The Balaban J connectivity index is 1.28. The van der Waals surface area contributed by atoms with Gasteiger partial charge in [0.1, 0.15) is 80.1 Å². The molecule has 0 bridgehead atoms. The number of carbonyl (C=O) groups excluding carboxylic acids is 12. The first-order valence-electron chi connectivity index (χ1n) is 37.5. The number of likely N-dealkylation sites (N-methyl/N-ethyl adjacent to an activating group) is 3. The van der Waals surface area contributed by atoms with Crippen LogP contribution in [-0.2, 0) is 105 Å². The van der Waals surface area contributed by atoms with Crippen LogP contribution >= 0.6 is 11.6 Å². The minimum Gasteiger partial charge on any atom is -0.505 e. The van der Waals surface area contributed by atoms with Crippen molar-refractivity contribution in [2.45, 2.75) is 152 Å². The van der Waals surface area contributed by atoms with Gasteiger partial charge in [-0.3, -0.25) is 58.1 Å². The number of imide groups is 1. The van der Waals surface area contributed by atoms with E-state index in [9.17, 15) is 51.0 Å². The van der Waals surface area contributed by atoms with Gasteiger partial charge in [0, 0.05) is 101 Å². The fourth-order valence-electron chi connectivity index (χ4n) is 13.8. The molecule has 13 amide bonds. The van der Waals surface area contributed by atoms with Crippen LogP contribution in [0.4, 0.5) is 9.18 Å². The number of para-hydroxylation sites is 1. The molecular weight excluding hydrogens is 1550 g/mol. The van der Waals surface area contributed by atoms with E-state index in [-0.39, 0.29) is 60.7 Å². The minimum absolute atomic E-state index is 0.0235. The lowest BCUT2D eigenvalue weighted by Gasteiger charge is -2.40. The van der Waals surface area contributed by atoms with Gasteiger partial charge in [-0.15, -0.1) is 0 Å². The number of phenols is 1. The molecule has 2 aliphatic heterocycles.